The molecule has 0 spiro atoms. The topological polar surface area (TPSA) is 137 Å². The summed E-state index contributed by atoms with van der Waals surface area (Å²) in [6, 6.07) is 15.4. The maximum Gasteiger partial charge on any atom is 0.329 e. The third-order valence-electron chi connectivity index (χ3n) is 4.92. The van der Waals surface area contributed by atoms with E-state index >= 15 is 0 Å². The summed E-state index contributed by atoms with van der Waals surface area (Å²) in [6.07, 6.45) is 0.359. The number of nitrogens with zero attached hydrogens (tertiary/aromatic N) is 4. The van der Waals surface area contributed by atoms with Gasteiger partial charge >= 0.3 is 5.69 Å². The van der Waals surface area contributed by atoms with Crippen LogP contribution in [0.5, 0.6) is 0 Å². The molecule has 2 heterocycles. The van der Waals surface area contributed by atoms with Crippen molar-refractivity contribution in [2.75, 3.05) is 0 Å². The van der Waals surface area contributed by atoms with Crippen LogP contribution in [0.3, 0.4) is 0 Å². The van der Waals surface area contributed by atoms with Gasteiger partial charge < -0.3 is 9.51 Å². The number of thioether (sulfide) groups is 1. The Morgan fingerprint density at radius 1 is 1.09 bits per heavy atom. The number of rotatable bonds is 8. The molecule has 33 heavy (non-hydrogen) atoms. The van der Waals surface area contributed by atoms with Crippen molar-refractivity contribution in [3.05, 3.63) is 114 Å². The van der Waals surface area contributed by atoms with Gasteiger partial charge in [0.2, 0.25) is 5.89 Å². The zero-order valence-electron chi connectivity index (χ0n) is 17.6. The van der Waals surface area contributed by atoms with Crippen LogP contribution in [-0.4, -0.2) is 24.6 Å². The molecule has 0 aliphatic rings. The van der Waals surface area contributed by atoms with Gasteiger partial charge in [0, 0.05) is 24.1 Å². The lowest BCUT2D eigenvalue weighted by Gasteiger charge is -2.09. The molecule has 10 nitrogen and oxygen atoms in total. The quantitative estimate of drug-likeness (QED) is 0.181. The second-order valence-electron chi connectivity index (χ2n) is 7.25. The molecule has 0 saturated heterocycles. The second-order valence-corrected chi connectivity index (χ2v) is 8.24. The van der Waals surface area contributed by atoms with Crippen LogP contribution in [0.4, 0.5) is 5.69 Å². The second kappa shape index (κ2) is 9.65. The van der Waals surface area contributed by atoms with Gasteiger partial charge in [-0.25, -0.2) is 4.79 Å². The van der Waals surface area contributed by atoms with Gasteiger partial charge in [0.05, 0.1) is 22.2 Å². The van der Waals surface area contributed by atoms with Crippen molar-refractivity contribution in [3.8, 4) is 0 Å². The summed E-state index contributed by atoms with van der Waals surface area (Å²) in [5.74, 6) is 1.04. The average molecular weight is 465 g/mol. The first-order chi connectivity index (χ1) is 15.9. The first-order valence-corrected chi connectivity index (χ1v) is 10.9. The molecule has 11 heteroatoms. The van der Waals surface area contributed by atoms with E-state index in [4.69, 9.17) is 4.52 Å². The number of non-ortho nitro benzene ring substituents is 1. The Labute approximate surface area is 191 Å². The summed E-state index contributed by atoms with van der Waals surface area (Å²) >= 11 is 1.23. The molecule has 0 saturated carbocycles. The highest BCUT2D eigenvalue weighted by Crippen LogP contribution is 2.21. The van der Waals surface area contributed by atoms with Crippen molar-refractivity contribution in [2.45, 2.75) is 30.7 Å². The van der Waals surface area contributed by atoms with E-state index in [0.29, 0.717) is 28.7 Å². The molecule has 0 aliphatic carbocycles. The summed E-state index contributed by atoms with van der Waals surface area (Å²) in [5.41, 5.74) is 1.27. The predicted molar refractivity (Wildman–Crippen MR) is 121 cm³/mol. The Morgan fingerprint density at radius 2 is 1.82 bits per heavy atom. The van der Waals surface area contributed by atoms with Gasteiger partial charge in [-0.3, -0.25) is 19.5 Å². The van der Waals surface area contributed by atoms with E-state index in [1.54, 1.807) is 19.1 Å². The lowest BCUT2D eigenvalue weighted by atomic mass is 10.1. The molecule has 1 N–H and O–H groups in total. The molecule has 0 fully saturated rings. The minimum absolute atomic E-state index is 0.0130. The average Bonchev–Trinajstić information content (AvgIpc) is 3.26. The van der Waals surface area contributed by atoms with E-state index in [-0.39, 0.29) is 23.5 Å². The Balaban J connectivity index is 1.43. The van der Waals surface area contributed by atoms with Crippen molar-refractivity contribution < 1.29 is 9.45 Å². The van der Waals surface area contributed by atoms with E-state index in [1.807, 2.05) is 30.3 Å². The van der Waals surface area contributed by atoms with E-state index in [9.17, 15) is 19.7 Å². The Hall–Kier alpha value is -3.99. The Bertz CT molecular complexity index is 1390. The summed E-state index contributed by atoms with van der Waals surface area (Å²) in [7, 11) is 0. The Morgan fingerprint density at radius 3 is 2.52 bits per heavy atom. The van der Waals surface area contributed by atoms with Crippen molar-refractivity contribution in [1.29, 1.82) is 0 Å². The largest absolute Gasteiger partial charge is 0.338 e. The maximum atomic E-state index is 12.7. The van der Waals surface area contributed by atoms with E-state index in [2.05, 4.69) is 15.1 Å². The molecule has 0 unspecified atom stereocenters. The molecular weight excluding hydrogens is 446 g/mol. The monoisotopic (exact) mass is 465 g/mol. The molecule has 0 bridgehead atoms. The standard InChI is InChI=1S/C22H19N5O5S/c1-14-20(24-22(29)26(21(14)28)12-16-5-3-2-4-6-16)33-13-19-23-18(25-32-19)11-15-7-9-17(10-8-15)27(30)31/h2-10H,11-13H2,1H3,(H,24,29). The van der Waals surface area contributed by atoms with E-state index in [0.717, 1.165) is 11.1 Å². The molecule has 0 aliphatic heterocycles. The van der Waals surface area contributed by atoms with Gasteiger partial charge in [0.15, 0.2) is 5.82 Å². The SMILES string of the molecule is Cc1c(SCc2nc(Cc3ccc([N+](=O)[O-])cc3)no2)[nH]c(=O)n(Cc2ccccc2)c1=O. The highest BCUT2D eigenvalue weighted by atomic mass is 32.2. The highest BCUT2D eigenvalue weighted by molar-refractivity contribution is 7.98. The van der Waals surface area contributed by atoms with Gasteiger partial charge in [0.25, 0.3) is 11.2 Å². The number of H-pyrrole nitrogens is 1. The van der Waals surface area contributed by atoms with Gasteiger partial charge in [-0.2, -0.15) is 4.98 Å². The molecule has 0 radical (unpaired) electrons. The van der Waals surface area contributed by atoms with Gasteiger partial charge in [0.1, 0.15) is 0 Å². The normalized spacial score (nSPS) is 10.9. The third-order valence-corrected chi connectivity index (χ3v) is 6.00. The minimum Gasteiger partial charge on any atom is -0.338 e. The van der Waals surface area contributed by atoms with Crippen molar-refractivity contribution >= 4 is 17.4 Å². The Kier molecular flexibility index (Phi) is 6.50. The molecule has 2 aromatic carbocycles. The first kappa shape index (κ1) is 22.2. The van der Waals surface area contributed by atoms with Crippen molar-refractivity contribution in [3.63, 3.8) is 0 Å². The van der Waals surface area contributed by atoms with Crippen LogP contribution in [0.15, 0.2) is 73.7 Å². The summed E-state index contributed by atoms with van der Waals surface area (Å²) in [5, 5.41) is 15.1. The van der Waals surface area contributed by atoms with Crippen LogP contribution in [0.25, 0.3) is 0 Å². The predicted octanol–water partition coefficient (Wildman–Crippen LogP) is 3.07. The smallest absolute Gasteiger partial charge is 0.329 e. The molecule has 168 valence electrons. The molecule has 0 amide bonds. The van der Waals surface area contributed by atoms with Crippen LogP contribution in [0, 0.1) is 17.0 Å². The maximum absolute atomic E-state index is 12.7. The van der Waals surface area contributed by atoms with Crippen molar-refractivity contribution in [2.24, 2.45) is 0 Å². The lowest BCUT2D eigenvalue weighted by molar-refractivity contribution is -0.384. The number of aromatic nitrogens is 4. The number of hydrogen-bond donors (Lipinski definition) is 1. The van der Waals surface area contributed by atoms with Crippen LogP contribution in [-0.2, 0) is 18.7 Å². The lowest BCUT2D eigenvalue weighted by Crippen LogP contribution is -2.37. The van der Waals surface area contributed by atoms with Crippen LogP contribution >= 0.6 is 11.8 Å². The highest BCUT2D eigenvalue weighted by Gasteiger charge is 2.14. The van der Waals surface area contributed by atoms with Crippen LogP contribution in [0.1, 0.15) is 28.4 Å². The fourth-order valence-corrected chi connectivity index (χ4v) is 4.03. The van der Waals surface area contributed by atoms with Crippen LogP contribution < -0.4 is 11.2 Å². The van der Waals surface area contributed by atoms with Gasteiger partial charge in [-0.05, 0) is 18.1 Å². The zero-order chi connectivity index (χ0) is 23.4. The first-order valence-electron chi connectivity index (χ1n) is 9.96. The number of hydrogen-bond acceptors (Lipinski definition) is 8. The van der Waals surface area contributed by atoms with Gasteiger partial charge in [-0.1, -0.05) is 59.4 Å². The fraction of sp³-hybridized carbons (Fsp3) is 0.182. The fourth-order valence-electron chi connectivity index (χ4n) is 3.18. The summed E-state index contributed by atoms with van der Waals surface area (Å²) in [4.78, 5) is 42.6. The molecule has 2 aromatic heterocycles. The van der Waals surface area contributed by atoms with E-state index in [1.165, 1.54) is 28.5 Å². The number of nitro groups is 1. The molecular formula is C22H19N5O5S. The molecule has 0 atom stereocenters. The molecule has 4 aromatic rings. The van der Waals surface area contributed by atoms with Gasteiger partial charge in [-0.15, -0.1) is 0 Å². The summed E-state index contributed by atoms with van der Waals surface area (Å²) < 4.78 is 6.43. The number of nitro benzene ring substituents is 1. The third kappa shape index (κ3) is 5.26. The number of nitrogens with one attached hydrogen (secondary N) is 1. The minimum atomic E-state index is -0.485. The van der Waals surface area contributed by atoms with Crippen molar-refractivity contribution in [1.82, 2.24) is 19.7 Å². The van der Waals surface area contributed by atoms with Crippen LogP contribution in [0.2, 0.25) is 0 Å². The number of benzene rings is 2. The summed E-state index contributed by atoms with van der Waals surface area (Å²) in [6.45, 7) is 1.85. The van der Waals surface area contributed by atoms with E-state index < -0.39 is 10.6 Å². The number of aromatic amines is 1. The molecule has 4 rings (SSSR count). The zero-order valence-corrected chi connectivity index (χ0v) is 18.4.